The molecule has 12 heteroatoms. The second kappa shape index (κ2) is 9.74. The van der Waals surface area contributed by atoms with Gasteiger partial charge < -0.3 is 19.6 Å². The standard InChI is InChI=1S/C12H13N3O2.C8H12NP.ClHO4/c16-9-7-8(13-1-2-13)12(17)11(15-5-6-15)10(9)14-3-4-14;1-9(2)7-3-5-8(10)6-4-7;2-1(3,4)5/h7H,1-6H2;3-6H,10H2,1-2H3;(H,2,3,4,5). The Kier molecular flexibility index (Phi) is 7.44. The summed E-state index contributed by atoms with van der Waals surface area (Å²) in [5.74, 6) is 0.0485. The van der Waals surface area contributed by atoms with Crippen molar-refractivity contribution in [1.29, 1.82) is 0 Å². The second-order valence-corrected chi connectivity index (χ2v) is 9.22. The van der Waals surface area contributed by atoms with Crippen molar-refractivity contribution in [3.63, 3.8) is 0 Å². The molecule has 5 rings (SSSR count). The molecule has 1 N–H and O–H groups in total. The number of hydrogen-bond acceptors (Lipinski definition) is 10. The highest BCUT2D eigenvalue weighted by atomic mass is 35.7. The molecular weight excluding hydrogens is 459 g/mol. The van der Waals surface area contributed by atoms with Crippen molar-refractivity contribution in [2.24, 2.45) is 0 Å². The molecule has 3 aliphatic heterocycles. The average molecular weight is 485 g/mol. The lowest BCUT2D eigenvalue weighted by atomic mass is 10.0. The predicted octanol–water partition coefficient (Wildman–Crippen LogP) is -3.69. The number of carbonyl (C=O) groups excluding carboxylic acids is 2. The maximum Gasteiger partial charge on any atom is 0.227 e. The summed E-state index contributed by atoms with van der Waals surface area (Å²) in [6.07, 6.45) is 1.52. The van der Waals surface area contributed by atoms with Gasteiger partial charge in [-0.25, -0.2) is 0 Å². The predicted molar refractivity (Wildman–Crippen MR) is 112 cm³/mol. The van der Waals surface area contributed by atoms with E-state index in [1.54, 1.807) is 0 Å². The summed E-state index contributed by atoms with van der Waals surface area (Å²) in [7, 11) is 2.05. The van der Waals surface area contributed by atoms with Gasteiger partial charge in [-0.05, 0) is 17.4 Å². The Bertz CT molecular complexity index is 926. The van der Waals surface area contributed by atoms with Crippen molar-refractivity contribution in [1.82, 2.24) is 14.7 Å². The normalized spacial score (nSPS) is 19.0. The van der Waals surface area contributed by atoms with Gasteiger partial charge in [0.25, 0.3) is 0 Å². The molecule has 0 radical (unpaired) electrons. The smallest absolute Gasteiger partial charge is 0.227 e. The van der Waals surface area contributed by atoms with Crippen LogP contribution in [0.1, 0.15) is 0 Å². The number of ketones is 2. The number of halogens is 1. The van der Waals surface area contributed by atoms with E-state index in [0.29, 0.717) is 17.1 Å². The molecule has 0 amide bonds. The second-order valence-electron chi connectivity index (χ2n) is 7.76. The van der Waals surface area contributed by atoms with Crippen molar-refractivity contribution in [3.05, 3.63) is 47.4 Å². The Morgan fingerprint density at radius 2 is 1.31 bits per heavy atom. The van der Waals surface area contributed by atoms with E-state index in [0.717, 1.165) is 39.3 Å². The molecule has 0 saturated carbocycles. The van der Waals surface area contributed by atoms with Crippen LogP contribution >= 0.6 is 9.24 Å². The van der Waals surface area contributed by atoms with E-state index in [2.05, 4.69) is 38.4 Å². The molecule has 1 atom stereocenters. The van der Waals surface area contributed by atoms with Crippen molar-refractivity contribution in [2.45, 2.75) is 0 Å². The molecule has 3 saturated heterocycles. The van der Waals surface area contributed by atoms with Crippen LogP contribution in [0.15, 0.2) is 47.4 Å². The fraction of sp³-hybridized carbons (Fsp3) is 0.400. The molecule has 174 valence electrons. The summed E-state index contributed by atoms with van der Waals surface area (Å²) < 4.78 is 32.7. The Morgan fingerprint density at radius 1 is 0.875 bits per heavy atom. The first-order chi connectivity index (χ1) is 15.0. The number of allylic oxidation sites excluding steroid dienone is 1. The molecule has 3 heterocycles. The summed E-state index contributed by atoms with van der Waals surface area (Å²) in [5.41, 5.74) is 3.13. The third-order valence-corrected chi connectivity index (χ3v) is 5.28. The van der Waals surface area contributed by atoms with Gasteiger partial charge in [-0.15, -0.1) is 9.24 Å². The van der Waals surface area contributed by atoms with E-state index < -0.39 is 10.2 Å². The molecule has 1 unspecified atom stereocenters. The molecule has 10 nitrogen and oxygen atoms in total. The quantitative estimate of drug-likeness (QED) is 0.258. The van der Waals surface area contributed by atoms with Gasteiger partial charge in [-0.3, -0.25) is 9.59 Å². The first kappa shape index (κ1) is 24.4. The van der Waals surface area contributed by atoms with Gasteiger partial charge in [-0.1, -0.05) is 12.1 Å². The number of Topliss-reactive ketones (excluding diaryl/α,β-unsaturated/α-hetero) is 1. The minimum atomic E-state index is -4.69. The average Bonchev–Trinajstić information content (AvgIpc) is 3.54. The van der Waals surface area contributed by atoms with Crippen LogP contribution in [0.4, 0.5) is 5.69 Å². The van der Waals surface area contributed by atoms with Crippen LogP contribution in [-0.2, 0) is 9.59 Å². The molecule has 0 aromatic heterocycles. The van der Waals surface area contributed by atoms with Crippen LogP contribution in [0, 0.1) is 10.2 Å². The van der Waals surface area contributed by atoms with E-state index >= 15 is 0 Å². The van der Waals surface area contributed by atoms with Crippen molar-refractivity contribution >= 4 is 31.8 Å². The molecule has 0 spiro atoms. The number of hydrogen-bond donors (Lipinski definition) is 1. The van der Waals surface area contributed by atoms with Gasteiger partial charge in [-0.2, -0.15) is 14.0 Å². The summed E-state index contributed by atoms with van der Waals surface area (Å²) in [6, 6.07) is 8.37. The lowest BCUT2D eigenvalue weighted by Crippen LogP contribution is -2.58. The minimum absolute atomic E-state index is 0.00546. The molecular formula is C20H26ClN4O6P. The first-order valence-corrected chi connectivity index (χ1v) is 11.8. The van der Waals surface area contributed by atoms with Gasteiger partial charge in [0.2, 0.25) is 11.6 Å². The Hall–Kier alpha value is -2.20. The van der Waals surface area contributed by atoms with Crippen LogP contribution in [-0.4, -0.2) is 84.3 Å². The van der Waals surface area contributed by atoms with E-state index in [4.69, 9.17) is 18.6 Å². The summed E-state index contributed by atoms with van der Waals surface area (Å²) >= 11 is 0. The van der Waals surface area contributed by atoms with E-state index in [1.807, 2.05) is 28.8 Å². The number of carbonyl (C=O) groups is 2. The Labute approximate surface area is 190 Å². The van der Waals surface area contributed by atoms with E-state index in [9.17, 15) is 9.59 Å². The first-order valence-electron chi connectivity index (χ1n) is 9.91. The van der Waals surface area contributed by atoms with Crippen molar-refractivity contribution in [2.75, 3.05) is 58.3 Å². The number of anilines is 1. The molecule has 32 heavy (non-hydrogen) atoms. The Balaban J connectivity index is 0.000000165. The van der Waals surface area contributed by atoms with Gasteiger partial charge in [0, 0.05) is 65.1 Å². The fourth-order valence-corrected chi connectivity index (χ4v) is 3.24. The molecule has 1 aliphatic carbocycles. The highest BCUT2D eigenvalue weighted by Crippen LogP contribution is 2.33. The maximum absolute atomic E-state index is 12.4. The third kappa shape index (κ3) is 7.16. The minimum Gasteiger partial charge on any atom is -0.378 e. The molecule has 1 aromatic rings. The lowest BCUT2D eigenvalue weighted by Gasteiger charge is -2.21. The van der Waals surface area contributed by atoms with Crippen LogP contribution in [0.2, 0.25) is 0 Å². The van der Waals surface area contributed by atoms with Crippen LogP contribution in [0.5, 0.6) is 0 Å². The van der Waals surface area contributed by atoms with Crippen LogP contribution < -0.4 is 24.2 Å². The zero-order chi connectivity index (χ0) is 23.6. The molecule has 4 aliphatic rings. The monoisotopic (exact) mass is 484 g/mol. The topological polar surface area (TPSA) is 136 Å². The van der Waals surface area contributed by atoms with E-state index in [1.165, 1.54) is 17.1 Å². The van der Waals surface area contributed by atoms with Gasteiger partial charge >= 0.3 is 0 Å². The fourth-order valence-electron chi connectivity index (χ4n) is 3.05. The summed E-state index contributed by atoms with van der Waals surface area (Å²) in [6.45, 7) is 5.41. The van der Waals surface area contributed by atoms with Crippen LogP contribution in [0.25, 0.3) is 0 Å². The highest BCUT2D eigenvalue weighted by Gasteiger charge is 2.43. The van der Waals surface area contributed by atoms with Crippen molar-refractivity contribution < 1.29 is 38.5 Å². The zero-order valence-corrected chi connectivity index (χ0v) is 19.8. The molecule has 3 fully saturated rings. The largest absolute Gasteiger partial charge is 0.378 e. The highest BCUT2D eigenvalue weighted by molar-refractivity contribution is 7.27. The summed E-state index contributed by atoms with van der Waals surface area (Å²) in [5, 5.41) is 1.23. The third-order valence-electron chi connectivity index (χ3n) is 4.90. The number of benzene rings is 1. The summed E-state index contributed by atoms with van der Waals surface area (Å²) in [4.78, 5) is 32.6. The van der Waals surface area contributed by atoms with Gasteiger partial charge in [0.15, 0.2) is 0 Å². The van der Waals surface area contributed by atoms with Gasteiger partial charge in [0.05, 0.1) is 20.6 Å². The number of rotatable bonds is 4. The maximum atomic E-state index is 12.4. The molecule has 1 aromatic carbocycles. The zero-order valence-electron chi connectivity index (χ0n) is 17.9. The number of nitrogens with zero attached hydrogens (tertiary/aromatic N) is 4. The van der Waals surface area contributed by atoms with Crippen molar-refractivity contribution in [3.8, 4) is 0 Å². The van der Waals surface area contributed by atoms with Crippen LogP contribution in [0.3, 0.4) is 0 Å². The molecule has 0 bridgehead atoms. The van der Waals surface area contributed by atoms with E-state index in [-0.39, 0.29) is 11.6 Å². The van der Waals surface area contributed by atoms with Gasteiger partial charge in [0.1, 0.15) is 11.4 Å². The Morgan fingerprint density at radius 3 is 1.72 bits per heavy atom. The SMILES string of the molecule is CN(C)c1ccc(P)cc1.O=C1C=C(N2CC2)C(=O)C(N2CC2)=C1N1CC1.[O-][Cl+3]([O-])([O-])O. The lowest BCUT2D eigenvalue weighted by molar-refractivity contribution is -1.92.